The minimum Gasteiger partial charge on any atom is -0.462 e. The van der Waals surface area contributed by atoms with Crippen LogP contribution in [0.4, 0.5) is 0 Å². The van der Waals surface area contributed by atoms with Gasteiger partial charge in [0.1, 0.15) is 6.10 Å². The topological polar surface area (TPSA) is 52.3 Å². The van der Waals surface area contributed by atoms with Gasteiger partial charge in [-0.1, -0.05) is 19.8 Å². The first-order chi connectivity index (χ1) is 8.22. The summed E-state index contributed by atoms with van der Waals surface area (Å²) >= 11 is 0. The van der Waals surface area contributed by atoms with E-state index in [9.17, 15) is 4.79 Å². The summed E-state index contributed by atoms with van der Waals surface area (Å²) in [5, 5.41) is 0. The highest BCUT2D eigenvalue weighted by molar-refractivity contribution is 5.73. The molecule has 4 atom stereocenters. The fourth-order valence-corrected chi connectivity index (χ4v) is 3.31. The average Bonchev–Trinajstić information content (AvgIpc) is 2.76. The molecule has 0 aromatic rings. The summed E-state index contributed by atoms with van der Waals surface area (Å²) < 4.78 is 5.73. The van der Waals surface area contributed by atoms with Crippen LogP contribution in [-0.2, 0) is 9.53 Å². The summed E-state index contributed by atoms with van der Waals surface area (Å²) in [4.78, 5) is 12.1. The van der Waals surface area contributed by atoms with E-state index >= 15 is 0 Å². The Balaban J connectivity index is 1.88. The number of ether oxygens (including phenoxy) is 1. The molecule has 2 fully saturated rings. The first kappa shape index (κ1) is 12.9. The van der Waals surface area contributed by atoms with E-state index < -0.39 is 0 Å². The highest BCUT2D eigenvalue weighted by Gasteiger charge is 2.35. The lowest BCUT2D eigenvalue weighted by Gasteiger charge is -2.31. The molecule has 0 spiro atoms. The van der Waals surface area contributed by atoms with Crippen molar-refractivity contribution in [2.45, 2.75) is 70.4 Å². The van der Waals surface area contributed by atoms with Gasteiger partial charge >= 0.3 is 5.97 Å². The number of nitrogens with two attached hydrogens (primary N) is 1. The van der Waals surface area contributed by atoms with Crippen LogP contribution in [-0.4, -0.2) is 18.1 Å². The Morgan fingerprint density at radius 3 is 2.59 bits per heavy atom. The molecule has 0 bridgehead atoms. The molecule has 0 aromatic heterocycles. The predicted octanol–water partition coefficient (Wildman–Crippen LogP) is 2.63. The lowest BCUT2D eigenvalue weighted by atomic mass is 9.84. The van der Waals surface area contributed by atoms with Crippen molar-refractivity contribution in [3.63, 3.8) is 0 Å². The van der Waals surface area contributed by atoms with Gasteiger partial charge in [0, 0.05) is 6.04 Å². The van der Waals surface area contributed by atoms with Crippen LogP contribution in [0.5, 0.6) is 0 Å². The van der Waals surface area contributed by atoms with Gasteiger partial charge in [-0.2, -0.15) is 0 Å². The Morgan fingerprint density at radius 2 is 1.94 bits per heavy atom. The van der Waals surface area contributed by atoms with Gasteiger partial charge in [-0.15, -0.1) is 0 Å². The van der Waals surface area contributed by atoms with E-state index in [0.717, 1.165) is 32.1 Å². The maximum Gasteiger partial charge on any atom is 0.310 e. The molecule has 17 heavy (non-hydrogen) atoms. The standard InChI is InChI=1S/C14H25NO2/c1-2-10-6-3-4-9-13(10)17-14(16)11-7-5-8-12(11)15/h10-13H,2-9,15H2,1H3. The van der Waals surface area contributed by atoms with Crippen molar-refractivity contribution in [1.29, 1.82) is 0 Å². The molecule has 0 amide bonds. The smallest absolute Gasteiger partial charge is 0.310 e. The van der Waals surface area contributed by atoms with Crippen LogP contribution in [0.15, 0.2) is 0 Å². The summed E-state index contributed by atoms with van der Waals surface area (Å²) in [5.74, 6) is 0.514. The predicted molar refractivity (Wildman–Crippen MR) is 67.4 cm³/mol. The molecule has 2 aliphatic rings. The molecule has 2 aliphatic carbocycles. The molecule has 0 aromatic carbocycles. The molecule has 0 radical (unpaired) electrons. The van der Waals surface area contributed by atoms with E-state index in [0.29, 0.717) is 5.92 Å². The number of rotatable bonds is 3. The van der Waals surface area contributed by atoms with Gasteiger partial charge in [0.05, 0.1) is 5.92 Å². The third-order valence-corrected chi connectivity index (χ3v) is 4.50. The summed E-state index contributed by atoms with van der Waals surface area (Å²) in [6.45, 7) is 2.19. The van der Waals surface area contributed by atoms with Crippen molar-refractivity contribution in [2.75, 3.05) is 0 Å². The van der Waals surface area contributed by atoms with Gasteiger partial charge in [0.25, 0.3) is 0 Å². The van der Waals surface area contributed by atoms with E-state index in [1.165, 1.54) is 19.3 Å². The van der Waals surface area contributed by atoms with Gasteiger partial charge in [-0.3, -0.25) is 4.79 Å². The van der Waals surface area contributed by atoms with Crippen LogP contribution < -0.4 is 5.73 Å². The third kappa shape index (κ3) is 3.01. The normalized spacial score (nSPS) is 38.0. The highest BCUT2D eigenvalue weighted by atomic mass is 16.5. The van der Waals surface area contributed by atoms with Crippen LogP contribution in [0.25, 0.3) is 0 Å². The fourth-order valence-electron chi connectivity index (χ4n) is 3.31. The summed E-state index contributed by atoms with van der Waals surface area (Å²) in [6.07, 6.45) is 9.00. The summed E-state index contributed by atoms with van der Waals surface area (Å²) in [6, 6.07) is 0.0335. The Kier molecular flexibility index (Phi) is 4.43. The highest BCUT2D eigenvalue weighted by Crippen LogP contribution is 2.32. The van der Waals surface area contributed by atoms with Crippen molar-refractivity contribution >= 4 is 5.97 Å². The molecule has 0 saturated heterocycles. The van der Waals surface area contributed by atoms with Crippen LogP contribution in [0.1, 0.15) is 58.3 Å². The van der Waals surface area contributed by atoms with Gasteiger partial charge in [-0.05, 0) is 44.4 Å². The Morgan fingerprint density at radius 1 is 1.18 bits per heavy atom. The minimum atomic E-state index is -0.0329. The van der Waals surface area contributed by atoms with Gasteiger partial charge < -0.3 is 10.5 Å². The van der Waals surface area contributed by atoms with Crippen molar-refractivity contribution in [3.8, 4) is 0 Å². The molecule has 2 saturated carbocycles. The summed E-state index contributed by atoms with van der Waals surface area (Å²) in [7, 11) is 0. The quantitative estimate of drug-likeness (QED) is 0.770. The van der Waals surface area contributed by atoms with Crippen LogP contribution >= 0.6 is 0 Å². The molecule has 2 rings (SSSR count). The Labute approximate surface area is 104 Å². The van der Waals surface area contributed by atoms with Crippen molar-refractivity contribution in [1.82, 2.24) is 0 Å². The van der Waals surface area contributed by atoms with E-state index in [2.05, 4.69) is 6.92 Å². The number of hydrogen-bond acceptors (Lipinski definition) is 3. The second-order valence-electron chi connectivity index (χ2n) is 5.63. The average molecular weight is 239 g/mol. The molecule has 98 valence electrons. The molecule has 3 nitrogen and oxygen atoms in total. The molecule has 2 N–H and O–H groups in total. The molecule has 0 heterocycles. The second kappa shape index (κ2) is 5.85. The molecule has 0 aliphatic heterocycles. The van der Waals surface area contributed by atoms with Gasteiger partial charge in [-0.25, -0.2) is 0 Å². The maximum absolute atomic E-state index is 12.1. The Hall–Kier alpha value is -0.570. The lowest BCUT2D eigenvalue weighted by molar-refractivity contribution is -0.159. The number of carbonyl (C=O) groups is 1. The van der Waals surface area contributed by atoms with Crippen LogP contribution in [0, 0.1) is 11.8 Å². The molecule has 4 unspecified atom stereocenters. The SMILES string of the molecule is CCC1CCCCC1OC(=O)C1CCCC1N. The summed E-state index contributed by atoms with van der Waals surface area (Å²) in [5.41, 5.74) is 5.95. The zero-order valence-electron chi connectivity index (χ0n) is 10.9. The monoisotopic (exact) mass is 239 g/mol. The van der Waals surface area contributed by atoms with E-state index in [1.54, 1.807) is 0 Å². The van der Waals surface area contributed by atoms with E-state index in [1.807, 2.05) is 0 Å². The number of hydrogen-bond donors (Lipinski definition) is 1. The molecular weight excluding hydrogens is 214 g/mol. The first-order valence-corrected chi connectivity index (χ1v) is 7.18. The van der Waals surface area contributed by atoms with Crippen molar-refractivity contribution in [3.05, 3.63) is 0 Å². The van der Waals surface area contributed by atoms with Crippen LogP contribution in [0.3, 0.4) is 0 Å². The first-order valence-electron chi connectivity index (χ1n) is 7.18. The van der Waals surface area contributed by atoms with Crippen molar-refractivity contribution in [2.24, 2.45) is 17.6 Å². The van der Waals surface area contributed by atoms with E-state index in [4.69, 9.17) is 10.5 Å². The maximum atomic E-state index is 12.1. The second-order valence-corrected chi connectivity index (χ2v) is 5.63. The van der Waals surface area contributed by atoms with Crippen LogP contribution in [0.2, 0.25) is 0 Å². The van der Waals surface area contributed by atoms with E-state index in [-0.39, 0.29) is 24.0 Å². The zero-order chi connectivity index (χ0) is 12.3. The Bertz CT molecular complexity index is 267. The van der Waals surface area contributed by atoms with Gasteiger partial charge in [0.2, 0.25) is 0 Å². The zero-order valence-corrected chi connectivity index (χ0v) is 10.9. The minimum absolute atomic E-state index is 0.0275. The lowest BCUT2D eigenvalue weighted by Crippen LogP contribution is -2.37. The molecular formula is C14H25NO2. The largest absolute Gasteiger partial charge is 0.462 e. The number of carbonyl (C=O) groups excluding carboxylic acids is 1. The number of esters is 1. The van der Waals surface area contributed by atoms with Gasteiger partial charge in [0.15, 0.2) is 0 Å². The third-order valence-electron chi connectivity index (χ3n) is 4.50. The fraction of sp³-hybridized carbons (Fsp3) is 0.929. The molecule has 3 heteroatoms. The van der Waals surface area contributed by atoms with Crippen molar-refractivity contribution < 1.29 is 9.53 Å².